The molecular weight excluding hydrogens is 200 g/mol. The predicted octanol–water partition coefficient (Wildman–Crippen LogP) is 0.210. The maximum absolute atomic E-state index is 8.53. The summed E-state index contributed by atoms with van der Waals surface area (Å²) in [4.78, 5) is 0. The highest BCUT2D eigenvalue weighted by Gasteiger charge is 1.85. The molecular formula is C13H18N2O. The second kappa shape index (κ2) is 8.93. The van der Waals surface area contributed by atoms with Crippen molar-refractivity contribution in [1.29, 1.82) is 0 Å². The van der Waals surface area contributed by atoms with Gasteiger partial charge in [-0.05, 0) is 12.1 Å². The second-order valence-corrected chi connectivity index (χ2v) is 3.32. The molecule has 0 atom stereocenters. The Morgan fingerprint density at radius 1 is 1.00 bits per heavy atom. The lowest BCUT2D eigenvalue weighted by molar-refractivity contribution is 0.292. The van der Waals surface area contributed by atoms with E-state index in [1.165, 1.54) is 0 Å². The normalized spacial score (nSPS) is 9.56. The first-order chi connectivity index (χ1) is 7.93. The lowest BCUT2D eigenvalue weighted by atomic mass is 10.2. The van der Waals surface area contributed by atoms with Gasteiger partial charge >= 0.3 is 0 Å². The smallest absolute Gasteiger partial charge is 0.0580 e. The Balaban J connectivity index is 2.05. The SMILES string of the molecule is OCCNCCNCC#Cc1ccccc1. The summed E-state index contributed by atoms with van der Waals surface area (Å²) in [6, 6.07) is 9.94. The summed E-state index contributed by atoms with van der Waals surface area (Å²) in [5.41, 5.74) is 1.04. The van der Waals surface area contributed by atoms with Crippen molar-refractivity contribution in [2.45, 2.75) is 0 Å². The molecule has 0 spiro atoms. The molecule has 86 valence electrons. The van der Waals surface area contributed by atoms with Crippen molar-refractivity contribution in [1.82, 2.24) is 10.6 Å². The van der Waals surface area contributed by atoms with Gasteiger partial charge in [0, 0.05) is 25.2 Å². The van der Waals surface area contributed by atoms with E-state index in [0.717, 1.165) is 18.7 Å². The van der Waals surface area contributed by atoms with Gasteiger partial charge in [0.2, 0.25) is 0 Å². The first-order valence-corrected chi connectivity index (χ1v) is 5.49. The van der Waals surface area contributed by atoms with Crippen LogP contribution in [0.2, 0.25) is 0 Å². The first kappa shape index (κ1) is 12.7. The van der Waals surface area contributed by atoms with Crippen molar-refractivity contribution < 1.29 is 5.11 Å². The van der Waals surface area contributed by atoms with Crippen LogP contribution in [0.3, 0.4) is 0 Å². The molecule has 0 radical (unpaired) electrons. The first-order valence-electron chi connectivity index (χ1n) is 5.49. The van der Waals surface area contributed by atoms with Gasteiger partial charge in [-0.25, -0.2) is 0 Å². The molecule has 1 aromatic carbocycles. The summed E-state index contributed by atoms with van der Waals surface area (Å²) in [7, 11) is 0. The van der Waals surface area contributed by atoms with Crippen LogP contribution in [0.5, 0.6) is 0 Å². The number of rotatable bonds is 6. The molecule has 0 aliphatic carbocycles. The molecule has 1 rings (SSSR count). The summed E-state index contributed by atoms with van der Waals surface area (Å²) in [5.74, 6) is 6.13. The fourth-order valence-corrected chi connectivity index (χ4v) is 1.20. The van der Waals surface area contributed by atoms with E-state index in [4.69, 9.17) is 5.11 Å². The summed E-state index contributed by atoms with van der Waals surface area (Å²) in [6.45, 7) is 3.25. The molecule has 0 fully saturated rings. The van der Waals surface area contributed by atoms with Crippen LogP contribution < -0.4 is 10.6 Å². The van der Waals surface area contributed by atoms with E-state index in [1.54, 1.807) is 0 Å². The fourth-order valence-electron chi connectivity index (χ4n) is 1.20. The number of benzene rings is 1. The minimum Gasteiger partial charge on any atom is -0.395 e. The molecule has 0 aliphatic rings. The van der Waals surface area contributed by atoms with Crippen molar-refractivity contribution >= 4 is 0 Å². The summed E-state index contributed by atoms with van der Waals surface area (Å²) in [6.07, 6.45) is 0. The molecule has 0 amide bonds. The molecule has 0 heterocycles. The number of nitrogens with one attached hydrogen (secondary N) is 2. The molecule has 0 aliphatic heterocycles. The average Bonchev–Trinajstić information content (AvgIpc) is 2.34. The van der Waals surface area contributed by atoms with Gasteiger partial charge < -0.3 is 15.7 Å². The van der Waals surface area contributed by atoms with E-state index in [-0.39, 0.29) is 6.61 Å². The van der Waals surface area contributed by atoms with E-state index in [2.05, 4.69) is 22.5 Å². The fraction of sp³-hybridized carbons (Fsp3) is 0.385. The molecule has 0 bridgehead atoms. The van der Waals surface area contributed by atoms with Crippen LogP contribution >= 0.6 is 0 Å². The molecule has 16 heavy (non-hydrogen) atoms. The lowest BCUT2D eigenvalue weighted by Gasteiger charge is -2.01. The van der Waals surface area contributed by atoms with Gasteiger partial charge in [0.25, 0.3) is 0 Å². The van der Waals surface area contributed by atoms with Gasteiger partial charge in [-0.15, -0.1) is 0 Å². The van der Waals surface area contributed by atoms with Crippen molar-refractivity contribution in [2.24, 2.45) is 0 Å². The Bertz CT molecular complexity index is 327. The van der Waals surface area contributed by atoms with Crippen LogP contribution in [0, 0.1) is 11.8 Å². The maximum Gasteiger partial charge on any atom is 0.0580 e. The highest BCUT2D eigenvalue weighted by Crippen LogP contribution is 1.93. The number of hydrogen-bond acceptors (Lipinski definition) is 3. The highest BCUT2D eigenvalue weighted by molar-refractivity contribution is 5.33. The molecule has 3 N–H and O–H groups in total. The molecule has 3 nitrogen and oxygen atoms in total. The Hall–Kier alpha value is -1.34. The minimum atomic E-state index is 0.188. The van der Waals surface area contributed by atoms with Crippen molar-refractivity contribution in [2.75, 3.05) is 32.8 Å². The third kappa shape index (κ3) is 6.20. The molecule has 1 aromatic rings. The zero-order valence-electron chi connectivity index (χ0n) is 9.37. The van der Waals surface area contributed by atoms with Crippen molar-refractivity contribution in [3.8, 4) is 11.8 Å². The van der Waals surface area contributed by atoms with Crippen molar-refractivity contribution in [3.63, 3.8) is 0 Å². The third-order valence-electron chi connectivity index (χ3n) is 1.99. The zero-order valence-corrected chi connectivity index (χ0v) is 9.37. The molecule has 0 saturated heterocycles. The average molecular weight is 218 g/mol. The Labute approximate surface area is 96.9 Å². The van der Waals surface area contributed by atoms with Crippen LogP contribution in [0.25, 0.3) is 0 Å². The summed E-state index contributed by atoms with van der Waals surface area (Å²) >= 11 is 0. The predicted molar refractivity (Wildman–Crippen MR) is 66.1 cm³/mol. The Morgan fingerprint density at radius 3 is 2.50 bits per heavy atom. The largest absolute Gasteiger partial charge is 0.395 e. The van der Waals surface area contributed by atoms with Crippen LogP contribution in [-0.4, -0.2) is 37.9 Å². The van der Waals surface area contributed by atoms with E-state index in [9.17, 15) is 0 Å². The number of aliphatic hydroxyl groups is 1. The Morgan fingerprint density at radius 2 is 1.75 bits per heavy atom. The second-order valence-electron chi connectivity index (χ2n) is 3.32. The van der Waals surface area contributed by atoms with E-state index in [1.807, 2.05) is 30.3 Å². The Kier molecular flexibility index (Phi) is 7.10. The third-order valence-corrected chi connectivity index (χ3v) is 1.99. The minimum absolute atomic E-state index is 0.188. The maximum atomic E-state index is 8.53. The molecule has 3 heteroatoms. The van der Waals surface area contributed by atoms with E-state index in [0.29, 0.717) is 13.1 Å². The van der Waals surface area contributed by atoms with Crippen LogP contribution in [-0.2, 0) is 0 Å². The van der Waals surface area contributed by atoms with Crippen molar-refractivity contribution in [3.05, 3.63) is 35.9 Å². The quantitative estimate of drug-likeness (QED) is 0.472. The summed E-state index contributed by atoms with van der Waals surface area (Å²) in [5, 5.41) is 14.8. The van der Waals surface area contributed by atoms with Gasteiger partial charge in [0.05, 0.1) is 13.2 Å². The molecule has 0 aromatic heterocycles. The van der Waals surface area contributed by atoms with E-state index >= 15 is 0 Å². The molecule has 0 saturated carbocycles. The number of hydrogen-bond donors (Lipinski definition) is 3. The van der Waals surface area contributed by atoms with Gasteiger partial charge in [0.15, 0.2) is 0 Å². The zero-order chi connectivity index (χ0) is 11.5. The highest BCUT2D eigenvalue weighted by atomic mass is 16.3. The number of aliphatic hydroxyl groups excluding tert-OH is 1. The van der Waals surface area contributed by atoms with Crippen LogP contribution in [0.15, 0.2) is 30.3 Å². The standard InChI is InChI=1S/C13H18N2O/c16-12-11-15-10-9-14-8-4-7-13-5-2-1-3-6-13/h1-3,5-6,14-16H,8-12H2. The van der Waals surface area contributed by atoms with Crippen LogP contribution in [0.1, 0.15) is 5.56 Å². The lowest BCUT2D eigenvalue weighted by Crippen LogP contribution is -2.29. The van der Waals surface area contributed by atoms with Gasteiger partial charge in [0.1, 0.15) is 0 Å². The van der Waals surface area contributed by atoms with Gasteiger partial charge in [-0.3, -0.25) is 0 Å². The topological polar surface area (TPSA) is 44.3 Å². The van der Waals surface area contributed by atoms with Crippen LogP contribution in [0.4, 0.5) is 0 Å². The summed E-state index contributed by atoms with van der Waals surface area (Å²) < 4.78 is 0. The molecule has 0 unspecified atom stereocenters. The van der Waals surface area contributed by atoms with Gasteiger partial charge in [-0.1, -0.05) is 30.0 Å². The monoisotopic (exact) mass is 218 g/mol. The van der Waals surface area contributed by atoms with Gasteiger partial charge in [-0.2, -0.15) is 0 Å². The van der Waals surface area contributed by atoms with E-state index < -0.39 is 0 Å².